The fraction of sp³-hybridized carbons (Fsp3) is 0.273. The minimum atomic E-state index is 1.23. The lowest BCUT2D eigenvalue weighted by atomic mass is 10.1. The van der Waals surface area contributed by atoms with Crippen molar-refractivity contribution >= 4 is 5.57 Å². The van der Waals surface area contributed by atoms with E-state index in [4.69, 9.17) is 0 Å². The van der Waals surface area contributed by atoms with Crippen molar-refractivity contribution in [2.24, 2.45) is 0 Å². The smallest absolute Gasteiger partial charge is 0.0349 e. The molecular weight excluding hydrogens is 146 g/mol. The standard InChI is InChI=1S/C11H13N/c1-10(9-12-7-8-12)11-5-3-2-4-6-11/h2-6,9H,7-8H2,1H3. The van der Waals surface area contributed by atoms with Crippen LogP contribution in [-0.4, -0.2) is 18.0 Å². The van der Waals surface area contributed by atoms with E-state index in [9.17, 15) is 0 Å². The second-order valence-corrected chi connectivity index (χ2v) is 3.21. The predicted octanol–water partition coefficient (Wildman–Crippen LogP) is 2.36. The van der Waals surface area contributed by atoms with Gasteiger partial charge in [-0.05, 0) is 18.1 Å². The molecule has 1 nitrogen and oxygen atoms in total. The van der Waals surface area contributed by atoms with Crippen LogP contribution in [0.5, 0.6) is 0 Å². The van der Waals surface area contributed by atoms with Crippen LogP contribution in [-0.2, 0) is 0 Å². The van der Waals surface area contributed by atoms with Crippen LogP contribution in [0, 0.1) is 0 Å². The molecule has 0 aliphatic carbocycles. The fourth-order valence-electron chi connectivity index (χ4n) is 1.24. The van der Waals surface area contributed by atoms with Gasteiger partial charge in [-0.1, -0.05) is 30.3 Å². The minimum Gasteiger partial charge on any atom is -0.374 e. The Balaban J connectivity index is 2.18. The van der Waals surface area contributed by atoms with Crippen molar-refractivity contribution < 1.29 is 0 Å². The Morgan fingerprint density at radius 2 is 1.92 bits per heavy atom. The topological polar surface area (TPSA) is 3.01 Å². The molecule has 0 atom stereocenters. The summed E-state index contributed by atoms with van der Waals surface area (Å²) in [6.07, 6.45) is 2.23. The van der Waals surface area contributed by atoms with E-state index in [-0.39, 0.29) is 0 Å². The van der Waals surface area contributed by atoms with Crippen molar-refractivity contribution in [3.05, 3.63) is 42.1 Å². The molecule has 0 radical (unpaired) electrons. The summed E-state index contributed by atoms with van der Waals surface area (Å²) in [6.45, 7) is 4.61. The van der Waals surface area contributed by atoms with Crippen LogP contribution in [0.2, 0.25) is 0 Å². The van der Waals surface area contributed by atoms with Crippen LogP contribution in [0.15, 0.2) is 36.5 Å². The number of benzene rings is 1. The van der Waals surface area contributed by atoms with Crippen molar-refractivity contribution in [3.63, 3.8) is 0 Å². The molecule has 0 saturated carbocycles. The molecule has 1 aromatic rings. The summed E-state index contributed by atoms with van der Waals surface area (Å²) in [4.78, 5) is 2.31. The molecule has 2 rings (SSSR count). The van der Waals surface area contributed by atoms with E-state index in [1.807, 2.05) is 6.07 Å². The summed E-state index contributed by atoms with van der Waals surface area (Å²) < 4.78 is 0. The van der Waals surface area contributed by atoms with Gasteiger partial charge >= 0.3 is 0 Å². The van der Waals surface area contributed by atoms with Gasteiger partial charge in [0.15, 0.2) is 0 Å². The van der Waals surface area contributed by atoms with Gasteiger partial charge in [-0.3, -0.25) is 0 Å². The molecule has 0 N–H and O–H groups in total. The molecule has 1 aliphatic heterocycles. The third kappa shape index (κ3) is 1.67. The maximum absolute atomic E-state index is 2.31. The molecule has 1 heterocycles. The number of rotatable bonds is 2. The maximum atomic E-state index is 2.31. The first-order chi connectivity index (χ1) is 5.86. The third-order valence-corrected chi connectivity index (χ3v) is 2.09. The second kappa shape index (κ2) is 3.02. The van der Waals surface area contributed by atoms with Crippen LogP contribution in [0.3, 0.4) is 0 Å². The Hall–Kier alpha value is -1.24. The van der Waals surface area contributed by atoms with Crippen LogP contribution >= 0.6 is 0 Å². The van der Waals surface area contributed by atoms with Crippen molar-refractivity contribution in [3.8, 4) is 0 Å². The third-order valence-electron chi connectivity index (χ3n) is 2.09. The molecule has 0 amide bonds. The van der Waals surface area contributed by atoms with Crippen molar-refractivity contribution in [2.75, 3.05) is 13.1 Å². The van der Waals surface area contributed by atoms with E-state index in [0.29, 0.717) is 0 Å². The Morgan fingerprint density at radius 1 is 1.25 bits per heavy atom. The van der Waals surface area contributed by atoms with E-state index in [1.54, 1.807) is 0 Å². The Kier molecular flexibility index (Phi) is 1.86. The molecule has 1 fully saturated rings. The highest BCUT2D eigenvalue weighted by molar-refractivity contribution is 5.63. The Morgan fingerprint density at radius 3 is 2.50 bits per heavy atom. The molecule has 0 spiro atoms. The van der Waals surface area contributed by atoms with Gasteiger partial charge in [0, 0.05) is 19.3 Å². The minimum absolute atomic E-state index is 1.23. The summed E-state index contributed by atoms with van der Waals surface area (Å²) in [7, 11) is 0. The number of nitrogens with zero attached hydrogens (tertiary/aromatic N) is 1. The summed E-state index contributed by atoms with van der Waals surface area (Å²) in [5.74, 6) is 0. The van der Waals surface area contributed by atoms with Crippen LogP contribution in [0.25, 0.3) is 5.57 Å². The van der Waals surface area contributed by atoms with Gasteiger partial charge in [0.25, 0.3) is 0 Å². The number of hydrogen-bond donors (Lipinski definition) is 0. The zero-order valence-electron chi connectivity index (χ0n) is 7.33. The molecule has 1 aliphatic rings. The lowest BCUT2D eigenvalue weighted by molar-refractivity contribution is 0.774. The van der Waals surface area contributed by atoms with Crippen molar-refractivity contribution in [2.45, 2.75) is 6.92 Å². The zero-order valence-corrected chi connectivity index (χ0v) is 7.33. The lowest BCUT2D eigenvalue weighted by Gasteiger charge is -2.00. The Labute approximate surface area is 73.3 Å². The average molecular weight is 159 g/mol. The molecule has 12 heavy (non-hydrogen) atoms. The first-order valence-electron chi connectivity index (χ1n) is 4.34. The van der Waals surface area contributed by atoms with Gasteiger partial charge in [0.1, 0.15) is 0 Å². The quantitative estimate of drug-likeness (QED) is 0.599. The first-order valence-corrected chi connectivity index (χ1v) is 4.34. The molecule has 1 aromatic carbocycles. The number of allylic oxidation sites excluding steroid dienone is 1. The highest BCUT2D eigenvalue weighted by Gasteiger charge is 2.12. The van der Waals surface area contributed by atoms with E-state index < -0.39 is 0 Å². The van der Waals surface area contributed by atoms with E-state index in [0.717, 1.165) is 0 Å². The van der Waals surface area contributed by atoms with Crippen molar-refractivity contribution in [1.29, 1.82) is 0 Å². The zero-order chi connectivity index (χ0) is 8.39. The second-order valence-electron chi connectivity index (χ2n) is 3.21. The first kappa shape index (κ1) is 7.41. The van der Waals surface area contributed by atoms with Crippen LogP contribution in [0.4, 0.5) is 0 Å². The van der Waals surface area contributed by atoms with Crippen LogP contribution in [0.1, 0.15) is 12.5 Å². The molecule has 0 bridgehead atoms. The van der Waals surface area contributed by atoms with E-state index in [1.165, 1.54) is 24.2 Å². The monoisotopic (exact) mass is 159 g/mol. The average Bonchev–Trinajstić information content (AvgIpc) is 2.90. The van der Waals surface area contributed by atoms with E-state index >= 15 is 0 Å². The summed E-state index contributed by atoms with van der Waals surface area (Å²) >= 11 is 0. The maximum Gasteiger partial charge on any atom is 0.0349 e. The van der Waals surface area contributed by atoms with Gasteiger partial charge < -0.3 is 4.90 Å². The van der Waals surface area contributed by atoms with E-state index in [2.05, 4.69) is 42.3 Å². The lowest BCUT2D eigenvalue weighted by Crippen LogP contribution is -1.85. The summed E-state index contributed by atoms with van der Waals surface area (Å²) in [5, 5.41) is 0. The van der Waals surface area contributed by atoms with Gasteiger partial charge in [-0.2, -0.15) is 0 Å². The van der Waals surface area contributed by atoms with Gasteiger partial charge in [0.2, 0.25) is 0 Å². The largest absolute Gasteiger partial charge is 0.374 e. The molecule has 0 aromatic heterocycles. The molecular formula is C11H13N. The van der Waals surface area contributed by atoms with Gasteiger partial charge in [-0.15, -0.1) is 0 Å². The molecule has 62 valence electrons. The fourth-order valence-corrected chi connectivity index (χ4v) is 1.24. The van der Waals surface area contributed by atoms with Gasteiger partial charge in [-0.25, -0.2) is 0 Å². The summed E-state index contributed by atoms with van der Waals surface area (Å²) in [6, 6.07) is 10.5. The Bertz CT molecular complexity index is 283. The highest BCUT2D eigenvalue weighted by Crippen LogP contribution is 2.16. The SMILES string of the molecule is CC(=CN1CC1)c1ccccc1. The molecule has 0 unspecified atom stereocenters. The highest BCUT2D eigenvalue weighted by atomic mass is 15.2. The normalized spacial score (nSPS) is 16.4. The molecule has 1 heteroatoms. The predicted molar refractivity (Wildman–Crippen MR) is 51.7 cm³/mol. The van der Waals surface area contributed by atoms with Crippen molar-refractivity contribution in [1.82, 2.24) is 4.90 Å². The van der Waals surface area contributed by atoms with Crippen LogP contribution < -0.4 is 0 Å². The summed E-state index contributed by atoms with van der Waals surface area (Å²) in [5.41, 5.74) is 2.68. The number of hydrogen-bond acceptors (Lipinski definition) is 1. The molecule has 1 saturated heterocycles. The van der Waals surface area contributed by atoms with Gasteiger partial charge in [0.05, 0.1) is 0 Å².